The number of aryl methyl sites for hydroxylation is 4. The van der Waals surface area contributed by atoms with Crippen LogP contribution < -0.4 is 18.9 Å². The van der Waals surface area contributed by atoms with Gasteiger partial charge in [0.05, 0.1) is 59.3 Å². The number of hydrogen-bond acceptors (Lipinski definition) is 15. The number of aliphatic hydroxyl groups excluding tert-OH is 1. The normalized spacial score (nSPS) is 12.1. The zero-order valence-corrected chi connectivity index (χ0v) is 51.6. The van der Waals surface area contributed by atoms with Crippen molar-refractivity contribution in [2.45, 2.75) is 182 Å². The lowest BCUT2D eigenvalue weighted by atomic mass is 9.87. The van der Waals surface area contributed by atoms with Gasteiger partial charge < -0.3 is 47.7 Å². The summed E-state index contributed by atoms with van der Waals surface area (Å²) in [5.74, 6) is 0.831. The number of benzene rings is 4. The first-order valence-corrected chi connectivity index (χ1v) is 30.9. The quantitative estimate of drug-likeness (QED) is 0.00976. The fourth-order valence-electron chi connectivity index (χ4n) is 10.3. The molecule has 15 nitrogen and oxygen atoms in total. The first kappa shape index (κ1) is 68.8. The van der Waals surface area contributed by atoms with Crippen molar-refractivity contribution in [2.24, 2.45) is 0 Å². The van der Waals surface area contributed by atoms with Crippen molar-refractivity contribution in [3.05, 3.63) is 141 Å². The van der Waals surface area contributed by atoms with E-state index in [4.69, 9.17) is 42.6 Å². The number of unbranched alkanes of at least 4 members (excludes halogenated alkanes) is 4. The number of ketones is 1. The molecule has 15 heteroatoms. The van der Waals surface area contributed by atoms with Crippen LogP contribution in [-0.2, 0) is 99.0 Å². The van der Waals surface area contributed by atoms with Gasteiger partial charge in [-0.2, -0.15) is 0 Å². The third-order valence-electron chi connectivity index (χ3n) is 14.5. The number of carbonyl (C=O) groups excluding carboxylic acids is 5. The number of esters is 4. The first-order chi connectivity index (χ1) is 41.2. The van der Waals surface area contributed by atoms with Crippen molar-refractivity contribution in [1.29, 1.82) is 0 Å². The van der Waals surface area contributed by atoms with E-state index in [-0.39, 0.29) is 45.1 Å². The lowest BCUT2D eigenvalue weighted by Crippen LogP contribution is -2.17. The molecule has 0 heterocycles. The van der Waals surface area contributed by atoms with Crippen LogP contribution in [0.15, 0.2) is 73.8 Å². The van der Waals surface area contributed by atoms with Crippen molar-refractivity contribution < 1.29 is 71.7 Å². The van der Waals surface area contributed by atoms with Gasteiger partial charge in [0.15, 0.2) is 6.29 Å². The number of aliphatic hydroxyl groups is 1. The highest BCUT2D eigenvalue weighted by molar-refractivity contribution is 5.94. The first-order valence-electron chi connectivity index (χ1n) is 30.9. The van der Waals surface area contributed by atoms with Gasteiger partial charge >= 0.3 is 23.9 Å². The van der Waals surface area contributed by atoms with Crippen molar-refractivity contribution in [3.8, 4) is 23.0 Å². The minimum absolute atomic E-state index is 0.140. The van der Waals surface area contributed by atoms with Crippen LogP contribution in [0, 0.1) is 0 Å². The van der Waals surface area contributed by atoms with Gasteiger partial charge in [0, 0.05) is 44.9 Å². The number of carbonyl (C=O) groups is 5. The smallest absolute Gasteiger partial charge is 0.330 e. The Bertz CT molecular complexity index is 2670. The molecule has 0 saturated carbocycles. The fraction of sp³-hybridized carbons (Fsp3) is 0.529. The van der Waals surface area contributed by atoms with E-state index in [0.29, 0.717) is 103 Å². The van der Waals surface area contributed by atoms with Gasteiger partial charge in [0.25, 0.3) is 0 Å². The maximum Gasteiger partial charge on any atom is 0.330 e. The van der Waals surface area contributed by atoms with E-state index in [0.717, 1.165) is 141 Å². The summed E-state index contributed by atoms with van der Waals surface area (Å²) in [6, 6.07) is 17.7. The van der Waals surface area contributed by atoms with Crippen molar-refractivity contribution >= 4 is 29.7 Å². The second-order valence-corrected chi connectivity index (χ2v) is 21.9. The lowest BCUT2D eigenvalue weighted by Gasteiger charge is -2.25. The molecular weight excluding hydrogens is 1080 g/mol. The number of hydrogen-bond donors (Lipinski definition) is 1. The summed E-state index contributed by atoms with van der Waals surface area (Å²) in [4.78, 5) is 61.4. The molecule has 1 N–H and O–H groups in total. The summed E-state index contributed by atoms with van der Waals surface area (Å²) >= 11 is 0. The molecule has 0 aliphatic heterocycles. The van der Waals surface area contributed by atoms with Crippen LogP contribution in [0.4, 0.5) is 0 Å². The molecule has 0 aromatic heterocycles. The Balaban J connectivity index is 1.87. The number of rotatable bonds is 39. The second-order valence-electron chi connectivity index (χ2n) is 21.9. The van der Waals surface area contributed by atoms with Crippen molar-refractivity contribution in [3.63, 3.8) is 0 Å². The molecule has 8 bridgehead atoms. The molecule has 0 amide bonds. The molecule has 0 fully saturated rings. The maximum absolute atomic E-state index is 12.7. The molecule has 0 saturated heterocycles. The molecule has 464 valence electrons. The Morgan fingerprint density at radius 3 is 0.953 bits per heavy atom. The Kier molecular flexibility index (Phi) is 30.9. The van der Waals surface area contributed by atoms with Crippen LogP contribution in [0.5, 0.6) is 23.0 Å². The minimum atomic E-state index is -1.25. The standard InChI is InChI=1S/C70H94O15/c1-9-15-27-82-67-54-36-50(23-19-31-78-62(72)13-5)38-56(67)46-60-42-53(26-22-34-81-66(76)48-64(74)77-8)43-61(70(60)85-30-18-12-4)47-57-39-51(24-20-32-79-63(73)14-6)37-55(68(57)83-28-16-10-2)45-59-41-52(25-21-33-80-65(75)35-49(7)71)40-58(44-54)69(59)84-29-17-11-3/h13-14,36-43,64,74H,5-6,9-12,15-35,44-48H2,1-4,7-8H3. The monoisotopic (exact) mass is 1170 g/mol. The van der Waals surface area contributed by atoms with E-state index < -0.39 is 30.2 Å². The summed E-state index contributed by atoms with van der Waals surface area (Å²) in [5, 5.41) is 9.96. The highest BCUT2D eigenvalue weighted by Gasteiger charge is 2.26. The number of fused-ring (bicyclic) bond motifs is 8. The van der Waals surface area contributed by atoms with Gasteiger partial charge in [-0.1, -0.05) is 115 Å². The van der Waals surface area contributed by atoms with Gasteiger partial charge in [-0.3, -0.25) is 14.4 Å². The van der Waals surface area contributed by atoms with Crippen LogP contribution in [0.25, 0.3) is 0 Å². The van der Waals surface area contributed by atoms with Gasteiger partial charge in [0.2, 0.25) is 0 Å². The number of Topliss-reactive ketones (excluding diaryl/α,β-unsaturated/α-hetero) is 1. The maximum atomic E-state index is 12.7. The predicted molar refractivity (Wildman–Crippen MR) is 329 cm³/mol. The Labute approximate surface area is 505 Å². The summed E-state index contributed by atoms with van der Waals surface area (Å²) in [6.45, 7) is 19.8. The van der Waals surface area contributed by atoms with E-state index in [9.17, 15) is 29.1 Å². The van der Waals surface area contributed by atoms with E-state index >= 15 is 0 Å². The van der Waals surface area contributed by atoms with Gasteiger partial charge in [-0.05, 0) is 151 Å². The summed E-state index contributed by atoms with van der Waals surface area (Å²) in [6.07, 6.45) is 13.8. The Hall–Kier alpha value is -6.97. The van der Waals surface area contributed by atoms with E-state index in [1.807, 2.05) is 0 Å². The van der Waals surface area contributed by atoms with Gasteiger partial charge in [-0.25, -0.2) is 9.59 Å². The predicted octanol–water partition coefficient (Wildman–Crippen LogP) is 12.7. The largest absolute Gasteiger partial charge is 0.493 e. The lowest BCUT2D eigenvalue weighted by molar-refractivity contribution is -0.155. The van der Waals surface area contributed by atoms with Crippen molar-refractivity contribution in [1.82, 2.24) is 0 Å². The molecule has 0 spiro atoms. The summed E-state index contributed by atoms with van der Waals surface area (Å²) < 4.78 is 55.1. The Morgan fingerprint density at radius 1 is 0.435 bits per heavy atom. The molecule has 1 aliphatic rings. The average Bonchev–Trinajstić information content (AvgIpc) is 3.05. The summed E-state index contributed by atoms with van der Waals surface area (Å²) in [5.41, 5.74) is 11.9. The third-order valence-corrected chi connectivity index (χ3v) is 14.5. The van der Waals surface area contributed by atoms with E-state index in [2.05, 4.69) is 89.4 Å². The average molecular weight is 1180 g/mol. The van der Waals surface area contributed by atoms with Crippen LogP contribution in [-0.4, -0.2) is 101 Å². The van der Waals surface area contributed by atoms with Crippen LogP contribution in [0.1, 0.15) is 191 Å². The van der Waals surface area contributed by atoms with E-state index in [1.54, 1.807) is 0 Å². The molecule has 85 heavy (non-hydrogen) atoms. The zero-order valence-electron chi connectivity index (χ0n) is 51.6. The fourth-order valence-corrected chi connectivity index (χ4v) is 10.3. The molecule has 5 rings (SSSR count). The molecule has 1 unspecified atom stereocenters. The van der Waals surface area contributed by atoms with Crippen LogP contribution in [0.2, 0.25) is 0 Å². The zero-order chi connectivity index (χ0) is 61.3. The third kappa shape index (κ3) is 23.8. The SMILES string of the molecule is C=CC(=O)OCCCc1cc2c(OCCCC)c(c1)Cc1cc(CCCOC(=O)CC(O)OC)cc(c1OCCCC)Cc1cc(CCCOC(=O)C=C)cc(c1OCCCC)Cc1cc(CCCOC(=O)CC(C)=O)cc(c1OCCCC)C2. The van der Waals surface area contributed by atoms with Gasteiger partial charge in [-0.15, -0.1) is 0 Å². The van der Waals surface area contributed by atoms with E-state index in [1.165, 1.54) is 26.2 Å². The topological polar surface area (TPSA) is 189 Å². The highest BCUT2D eigenvalue weighted by atomic mass is 16.6. The van der Waals surface area contributed by atoms with Crippen LogP contribution >= 0.6 is 0 Å². The van der Waals surface area contributed by atoms with Crippen LogP contribution in [0.3, 0.4) is 0 Å². The molecule has 4 aromatic carbocycles. The summed E-state index contributed by atoms with van der Waals surface area (Å²) in [7, 11) is 1.33. The highest BCUT2D eigenvalue weighted by Crippen LogP contribution is 2.42. The second kappa shape index (κ2) is 38.2. The molecular formula is C70H94O15. The molecule has 4 aromatic rings. The molecule has 1 atom stereocenters. The number of ether oxygens (including phenoxy) is 9. The van der Waals surface area contributed by atoms with Crippen molar-refractivity contribution in [2.75, 3.05) is 60.0 Å². The minimum Gasteiger partial charge on any atom is -0.493 e. The molecule has 1 aliphatic carbocycles. The molecule has 0 radical (unpaired) electrons. The number of methoxy groups -OCH3 is 1. The Morgan fingerprint density at radius 2 is 0.706 bits per heavy atom. The van der Waals surface area contributed by atoms with Gasteiger partial charge in [0.1, 0.15) is 35.2 Å².